The van der Waals surface area contributed by atoms with Crippen LogP contribution in [0, 0.1) is 31.6 Å². The Balaban J connectivity index is 1.34. The Morgan fingerprint density at radius 2 is 2.05 bits per heavy atom. The van der Waals surface area contributed by atoms with Gasteiger partial charge in [0.15, 0.2) is 0 Å². The highest BCUT2D eigenvalue weighted by molar-refractivity contribution is 8.00. The van der Waals surface area contributed by atoms with E-state index in [2.05, 4.69) is 10.6 Å². The zero-order valence-electron chi connectivity index (χ0n) is 11.3. The fourth-order valence-corrected chi connectivity index (χ4v) is 4.52. The number of urea groups is 1. The molecule has 107 valence electrons. The van der Waals surface area contributed by atoms with Crippen LogP contribution in [0.15, 0.2) is 0 Å². The van der Waals surface area contributed by atoms with Crippen molar-refractivity contribution in [1.82, 2.24) is 10.6 Å². The highest BCUT2D eigenvalue weighted by atomic mass is 32.2. The van der Waals surface area contributed by atoms with E-state index in [1.54, 1.807) is 0 Å². The fourth-order valence-electron chi connectivity index (χ4n) is 2.98. The summed E-state index contributed by atoms with van der Waals surface area (Å²) in [7, 11) is 0. The lowest BCUT2D eigenvalue weighted by Gasteiger charge is -2.16. The first-order chi connectivity index (χ1) is 9.74. The molecule has 3 fully saturated rings. The minimum absolute atomic E-state index is 0.0308. The molecule has 4 nitrogen and oxygen atoms in total. The largest absolute Gasteiger partial charge is 0.332 e. The van der Waals surface area contributed by atoms with Gasteiger partial charge in [0.2, 0.25) is 0 Å². The Morgan fingerprint density at radius 1 is 1.25 bits per heavy atom. The molecule has 2 saturated heterocycles. The molecule has 0 aromatic heterocycles. The van der Waals surface area contributed by atoms with Crippen molar-refractivity contribution >= 4 is 23.6 Å². The third kappa shape index (κ3) is 3.13. The maximum absolute atomic E-state index is 11.9. The molecule has 20 heavy (non-hydrogen) atoms. The number of hydrogen-bond acceptors (Lipinski definition) is 3. The van der Waals surface area contributed by atoms with Gasteiger partial charge in [0.05, 0.1) is 12.1 Å². The predicted molar refractivity (Wildman–Crippen MR) is 79.4 cm³/mol. The Morgan fingerprint density at radius 3 is 2.85 bits per heavy atom. The van der Waals surface area contributed by atoms with Crippen molar-refractivity contribution in [2.24, 2.45) is 0 Å². The van der Waals surface area contributed by atoms with Gasteiger partial charge >= 0.3 is 6.03 Å². The van der Waals surface area contributed by atoms with Crippen LogP contribution >= 0.6 is 11.8 Å². The average molecular weight is 291 g/mol. The van der Waals surface area contributed by atoms with Crippen LogP contribution in [-0.2, 0) is 4.79 Å². The standard InChI is InChI=1S/C15H19N2O2S/c18-12(10-5-1-2-6-10)7-3-4-8-13-14-11(9-20-13)16-15(19)17-14/h1-2,5-6,11,13-14H,3-4,7-9H2,(H2,16,17,19)/t11-,13-,14-/m0/s1. The Bertz CT molecular complexity index is 382. The van der Waals surface area contributed by atoms with Crippen LogP contribution in [0.25, 0.3) is 0 Å². The van der Waals surface area contributed by atoms with Crippen LogP contribution in [0.3, 0.4) is 0 Å². The summed E-state index contributed by atoms with van der Waals surface area (Å²) >= 11 is 1.93. The summed E-state index contributed by atoms with van der Waals surface area (Å²) in [6.45, 7) is 0. The Kier molecular flexibility index (Phi) is 4.54. The van der Waals surface area contributed by atoms with E-state index in [-0.39, 0.29) is 17.9 Å². The minimum Gasteiger partial charge on any atom is -0.332 e. The van der Waals surface area contributed by atoms with Gasteiger partial charge in [-0.05, 0) is 38.5 Å². The lowest BCUT2D eigenvalue weighted by atomic mass is 9.96. The van der Waals surface area contributed by atoms with Crippen LogP contribution in [0.5, 0.6) is 0 Å². The number of amides is 2. The van der Waals surface area contributed by atoms with Gasteiger partial charge in [0.1, 0.15) is 5.78 Å². The van der Waals surface area contributed by atoms with Gasteiger partial charge in [-0.3, -0.25) is 4.79 Å². The van der Waals surface area contributed by atoms with Crippen LogP contribution < -0.4 is 10.6 Å². The monoisotopic (exact) mass is 291 g/mol. The zero-order chi connectivity index (χ0) is 13.9. The number of rotatable bonds is 6. The molecular weight excluding hydrogens is 272 g/mol. The number of nitrogens with one attached hydrogen (secondary N) is 2. The Hall–Kier alpha value is -0.710. The SMILES string of the molecule is O=C1N[C@H]2[C@H](CS[C@H]2CCCCC(=O)[C]2[CH][CH][CH][CH]2)N1. The van der Waals surface area contributed by atoms with E-state index in [9.17, 15) is 9.59 Å². The summed E-state index contributed by atoms with van der Waals surface area (Å²) < 4.78 is 0. The topological polar surface area (TPSA) is 58.2 Å². The second kappa shape index (κ2) is 6.37. The highest BCUT2D eigenvalue weighted by Gasteiger charge is 2.42. The van der Waals surface area contributed by atoms with Gasteiger partial charge < -0.3 is 10.6 Å². The van der Waals surface area contributed by atoms with Crippen LogP contribution in [0.4, 0.5) is 4.79 Å². The maximum atomic E-state index is 11.9. The van der Waals surface area contributed by atoms with E-state index in [0.29, 0.717) is 17.7 Å². The third-order valence-electron chi connectivity index (χ3n) is 4.07. The first-order valence-corrected chi connectivity index (χ1v) is 8.22. The molecule has 0 aromatic rings. The van der Waals surface area contributed by atoms with E-state index in [4.69, 9.17) is 0 Å². The molecule has 0 aromatic carbocycles. The predicted octanol–water partition coefficient (Wildman–Crippen LogP) is 1.69. The number of Topliss-reactive ketones (excluding diaryl/α,β-unsaturated/α-hetero) is 1. The lowest BCUT2D eigenvalue weighted by molar-refractivity contribution is -0.116. The maximum Gasteiger partial charge on any atom is 0.315 e. The number of thioether (sulfide) groups is 1. The molecule has 5 heteroatoms. The van der Waals surface area contributed by atoms with Gasteiger partial charge in [0, 0.05) is 23.3 Å². The first kappa shape index (κ1) is 14.2. The molecule has 0 spiro atoms. The number of unbranched alkanes of at least 4 members (excludes halogenated alkanes) is 1. The van der Waals surface area contributed by atoms with E-state index in [0.717, 1.165) is 30.9 Å². The van der Waals surface area contributed by atoms with E-state index < -0.39 is 0 Å². The molecule has 2 N–H and O–H groups in total. The van der Waals surface area contributed by atoms with E-state index in [1.807, 2.05) is 37.4 Å². The summed E-state index contributed by atoms with van der Waals surface area (Å²) in [5.41, 5.74) is 0. The van der Waals surface area contributed by atoms with Gasteiger partial charge in [0.25, 0.3) is 0 Å². The normalized spacial score (nSPS) is 33.0. The fraction of sp³-hybridized carbons (Fsp3) is 0.533. The molecule has 3 atom stereocenters. The number of ketones is 1. The van der Waals surface area contributed by atoms with Crippen molar-refractivity contribution in [3.05, 3.63) is 31.6 Å². The molecular formula is C15H19N2O2S. The molecule has 1 aliphatic carbocycles. The van der Waals surface area contributed by atoms with Gasteiger partial charge in [-0.25, -0.2) is 4.79 Å². The average Bonchev–Trinajstić information content (AvgIpc) is 3.11. The summed E-state index contributed by atoms with van der Waals surface area (Å²) in [6, 6.07) is 0.540. The quantitative estimate of drug-likeness (QED) is 0.578. The number of carbonyl (C=O) groups is 2. The van der Waals surface area contributed by atoms with Crippen molar-refractivity contribution in [3.8, 4) is 0 Å². The molecule has 2 aliphatic heterocycles. The molecule has 5 radical (unpaired) electrons. The van der Waals surface area contributed by atoms with Crippen molar-refractivity contribution in [3.63, 3.8) is 0 Å². The number of fused-ring (bicyclic) bond motifs is 1. The summed E-state index contributed by atoms with van der Waals surface area (Å²) in [4.78, 5) is 23.1. The molecule has 2 amide bonds. The lowest BCUT2D eigenvalue weighted by Crippen LogP contribution is -2.36. The molecule has 2 heterocycles. The highest BCUT2D eigenvalue weighted by Crippen LogP contribution is 2.33. The second-order valence-corrected chi connectivity index (χ2v) is 6.74. The van der Waals surface area contributed by atoms with Crippen LogP contribution in [0.1, 0.15) is 25.7 Å². The van der Waals surface area contributed by atoms with Crippen LogP contribution in [0.2, 0.25) is 0 Å². The zero-order valence-corrected chi connectivity index (χ0v) is 12.1. The number of carbonyl (C=O) groups excluding carboxylic acids is 2. The van der Waals surface area contributed by atoms with Crippen molar-refractivity contribution in [1.29, 1.82) is 0 Å². The van der Waals surface area contributed by atoms with Gasteiger partial charge in [-0.15, -0.1) is 0 Å². The summed E-state index contributed by atoms with van der Waals surface area (Å²) in [6.07, 6.45) is 11.2. The summed E-state index contributed by atoms with van der Waals surface area (Å²) in [5, 5.41) is 6.44. The van der Waals surface area contributed by atoms with E-state index >= 15 is 0 Å². The minimum atomic E-state index is -0.0308. The van der Waals surface area contributed by atoms with Gasteiger partial charge in [-0.2, -0.15) is 11.8 Å². The molecule has 0 bridgehead atoms. The molecule has 3 aliphatic rings. The van der Waals surface area contributed by atoms with E-state index in [1.165, 1.54) is 0 Å². The molecule has 3 rings (SSSR count). The third-order valence-corrected chi connectivity index (χ3v) is 5.57. The first-order valence-electron chi connectivity index (χ1n) is 7.17. The van der Waals surface area contributed by atoms with Crippen molar-refractivity contribution in [2.75, 3.05) is 5.75 Å². The Labute approximate surface area is 124 Å². The second-order valence-electron chi connectivity index (χ2n) is 5.46. The molecule has 0 unspecified atom stereocenters. The van der Waals surface area contributed by atoms with Crippen molar-refractivity contribution in [2.45, 2.75) is 43.0 Å². The van der Waals surface area contributed by atoms with Gasteiger partial charge in [-0.1, -0.05) is 6.42 Å². The molecule has 1 saturated carbocycles. The van der Waals surface area contributed by atoms with Crippen LogP contribution in [-0.4, -0.2) is 34.9 Å². The smallest absolute Gasteiger partial charge is 0.315 e. The van der Waals surface area contributed by atoms with Crippen molar-refractivity contribution < 1.29 is 9.59 Å². The summed E-state index contributed by atoms with van der Waals surface area (Å²) in [5.74, 6) is 2.07. The number of hydrogen-bond donors (Lipinski definition) is 2.